The minimum Gasteiger partial charge on any atom is -0.377 e. The van der Waals surface area contributed by atoms with Gasteiger partial charge < -0.3 is 4.74 Å². The largest absolute Gasteiger partial charge is 0.377 e. The van der Waals surface area contributed by atoms with Crippen molar-refractivity contribution in [3.8, 4) is 0 Å². The van der Waals surface area contributed by atoms with Crippen molar-refractivity contribution in [1.82, 2.24) is 4.98 Å². The van der Waals surface area contributed by atoms with Crippen molar-refractivity contribution in [1.29, 1.82) is 0 Å². The molecular formula is C15H21NO2. The van der Waals surface area contributed by atoms with E-state index in [2.05, 4.69) is 24.9 Å². The summed E-state index contributed by atoms with van der Waals surface area (Å²) in [5.74, 6) is 0.346. The van der Waals surface area contributed by atoms with Crippen LogP contribution in [0.25, 0.3) is 0 Å². The fraction of sp³-hybridized carbons (Fsp3) is 0.600. The van der Waals surface area contributed by atoms with Gasteiger partial charge in [0, 0.05) is 30.8 Å². The van der Waals surface area contributed by atoms with Gasteiger partial charge in [0.2, 0.25) is 0 Å². The van der Waals surface area contributed by atoms with Crippen molar-refractivity contribution in [2.75, 3.05) is 6.61 Å². The van der Waals surface area contributed by atoms with E-state index in [-0.39, 0.29) is 17.8 Å². The number of carbonyl (C=O) groups excluding carboxylic acids is 1. The maximum Gasteiger partial charge on any atom is 0.144 e. The van der Waals surface area contributed by atoms with Crippen LogP contribution in [-0.2, 0) is 22.4 Å². The second kappa shape index (κ2) is 6.10. The van der Waals surface area contributed by atoms with Crippen LogP contribution in [0, 0.1) is 5.92 Å². The number of ketones is 1. The summed E-state index contributed by atoms with van der Waals surface area (Å²) in [6, 6.07) is 4.02. The minimum absolute atomic E-state index is 0.0719. The predicted octanol–water partition coefficient (Wildman–Crippen LogP) is 2.57. The SMILES string of the molecule is CCc1ccc(CC(=O)C2CCOC2CC)nc1. The first-order valence-corrected chi connectivity index (χ1v) is 6.82. The molecule has 0 saturated carbocycles. The zero-order chi connectivity index (χ0) is 13.0. The quantitative estimate of drug-likeness (QED) is 0.802. The van der Waals surface area contributed by atoms with Gasteiger partial charge in [0.1, 0.15) is 5.78 Å². The van der Waals surface area contributed by atoms with E-state index in [1.807, 2.05) is 12.3 Å². The molecule has 1 aromatic heterocycles. The second-order valence-electron chi connectivity index (χ2n) is 4.87. The summed E-state index contributed by atoms with van der Waals surface area (Å²) in [5.41, 5.74) is 2.08. The number of hydrogen-bond acceptors (Lipinski definition) is 3. The second-order valence-corrected chi connectivity index (χ2v) is 4.87. The fourth-order valence-electron chi connectivity index (χ4n) is 2.50. The summed E-state index contributed by atoms with van der Waals surface area (Å²) in [5, 5.41) is 0. The molecule has 0 aromatic carbocycles. The molecule has 3 nitrogen and oxygen atoms in total. The van der Waals surface area contributed by atoms with Crippen LogP contribution >= 0.6 is 0 Å². The van der Waals surface area contributed by atoms with Crippen LogP contribution in [0.15, 0.2) is 18.3 Å². The first kappa shape index (κ1) is 13.2. The highest BCUT2D eigenvalue weighted by Gasteiger charge is 2.32. The van der Waals surface area contributed by atoms with Gasteiger partial charge >= 0.3 is 0 Å². The lowest BCUT2D eigenvalue weighted by atomic mass is 9.92. The monoisotopic (exact) mass is 247 g/mol. The Kier molecular flexibility index (Phi) is 4.48. The first-order valence-electron chi connectivity index (χ1n) is 6.82. The van der Waals surface area contributed by atoms with E-state index >= 15 is 0 Å². The van der Waals surface area contributed by atoms with E-state index in [4.69, 9.17) is 4.74 Å². The molecule has 0 aliphatic carbocycles. The van der Waals surface area contributed by atoms with Gasteiger partial charge in [-0.25, -0.2) is 0 Å². The van der Waals surface area contributed by atoms with E-state index in [1.54, 1.807) is 0 Å². The molecule has 1 aromatic rings. The number of Topliss-reactive ketones (excluding diaryl/α,β-unsaturated/α-hetero) is 1. The summed E-state index contributed by atoms with van der Waals surface area (Å²) in [6.07, 6.45) is 5.19. The van der Waals surface area contributed by atoms with Crippen molar-refractivity contribution in [2.45, 2.75) is 45.6 Å². The average molecular weight is 247 g/mol. The molecule has 1 aliphatic rings. The highest BCUT2D eigenvalue weighted by molar-refractivity contribution is 5.83. The number of ether oxygens (including phenoxy) is 1. The molecule has 0 amide bonds. The molecule has 2 rings (SSSR count). The van der Waals surface area contributed by atoms with Gasteiger partial charge in [0.05, 0.1) is 6.10 Å². The molecule has 98 valence electrons. The Morgan fingerprint density at radius 2 is 2.28 bits per heavy atom. The average Bonchev–Trinajstić information content (AvgIpc) is 2.88. The Morgan fingerprint density at radius 3 is 2.89 bits per heavy atom. The highest BCUT2D eigenvalue weighted by Crippen LogP contribution is 2.25. The Bertz CT molecular complexity index is 399. The number of pyridine rings is 1. The predicted molar refractivity (Wildman–Crippen MR) is 70.5 cm³/mol. The van der Waals surface area contributed by atoms with Crippen LogP contribution in [0.5, 0.6) is 0 Å². The fourth-order valence-corrected chi connectivity index (χ4v) is 2.50. The molecule has 1 aliphatic heterocycles. The van der Waals surface area contributed by atoms with Gasteiger partial charge in [-0.2, -0.15) is 0 Å². The third-order valence-electron chi connectivity index (χ3n) is 3.68. The molecule has 18 heavy (non-hydrogen) atoms. The number of nitrogens with zero attached hydrogens (tertiary/aromatic N) is 1. The summed E-state index contributed by atoms with van der Waals surface area (Å²) in [4.78, 5) is 16.6. The molecular weight excluding hydrogens is 226 g/mol. The van der Waals surface area contributed by atoms with E-state index in [0.29, 0.717) is 6.42 Å². The van der Waals surface area contributed by atoms with Gasteiger partial charge in [-0.15, -0.1) is 0 Å². The van der Waals surface area contributed by atoms with Crippen LogP contribution < -0.4 is 0 Å². The lowest BCUT2D eigenvalue weighted by molar-refractivity contribution is -0.123. The molecule has 1 saturated heterocycles. The Balaban J connectivity index is 1.97. The topological polar surface area (TPSA) is 39.2 Å². The first-order chi connectivity index (χ1) is 8.74. The lowest BCUT2D eigenvalue weighted by Crippen LogP contribution is -2.25. The van der Waals surface area contributed by atoms with Crippen molar-refractivity contribution in [3.05, 3.63) is 29.6 Å². The zero-order valence-corrected chi connectivity index (χ0v) is 11.2. The molecule has 2 atom stereocenters. The van der Waals surface area contributed by atoms with E-state index in [0.717, 1.165) is 31.6 Å². The van der Waals surface area contributed by atoms with Gasteiger partial charge in [-0.3, -0.25) is 9.78 Å². The third-order valence-corrected chi connectivity index (χ3v) is 3.68. The highest BCUT2D eigenvalue weighted by atomic mass is 16.5. The van der Waals surface area contributed by atoms with Crippen LogP contribution in [0.1, 0.15) is 37.9 Å². The number of carbonyl (C=O) groups is 1. The number of rotatable bonds is 5. The molecule has 0 spiro atoms. The Labute approximate surface area is 109 Å². The summed E-state index contributed by atoms with van der Waals surface area (Å²) >= 11 is 0. The van der Waals surface area contributed by atoms with Crippen LogP contribution in [0.2, 0.25) is 0 Å². The molecule has 1 fully saturated rings. The number of aromatic nitrogens is 1. The molecule has 0 N–H and O–H groups in total. The summed E-state index contributed by atoms with van der Waals surface area (Å²) < 4.78 is 5.57. The van der Waals surface area contributed by atoms with E-state index in [9.17, 15) is 4.79 Å². The van der Waals surface area contributed by atoms with E-state index < -0.39 is 0 Å². The van der Waals surface area contributed by atoms with Crippen molar-refractivity contribution >= 4 is 5.78 Å². The van der Waals surface area contributed by atoms with Crippen LogP contribution in [0.4, 0.5) is 0 Å². The lowest BCUT2D eigenvalue weighted by Gasteiger charge is -2.15. The van der Waals surface area contributed by atoms with Gasteiger partial charge in [-0.05, 0) is 30.9 Å². The molecule has 2 heterocycles. The maximum absolute atomic E-state index is 12.2. The standard InChI is InChI=1S/C15H21NO2/c1-3-11-5-6-12(16-10-11)9-14(17)13-7-8-18-15(13)4-2/h5-6,10,13,15H,3-4,7-9H2,1-2H3. The van der Waals surface area contributed by atoms with Crippen molar-refractivity contribution in [2.24, 2.45) is 5.92 Å². The minimum atomic E-state index is 0.0719. The molecule has 2 unspecified atom stereocenters. The maximum atomic E-state index is 12.2. The van der Waals surface area contributed by atoms with Gasteiger partial charge in [0.15, 0.2) is 0 Å². The van der Waals surface area contributed by atoms with Crippen molar-refractivity contribution < 1.29 is 9.53 Å². The van der Waals surface area contributed by atoms with E-state index in [1.165, 1.54) is 5.56 Å². The Morgan fingerprint density at radius 1 is 1.44 bits per heavy atom. The zero-order valence-electron chi connectivity index (χ0n) is 11.2. The third kappa shape index (κ3) is 2.96. The van der Waals surface area contributed by atoms with Gasteiger partial charge in [0.25, 0.3) is 0 Å². The summed E-state index contributed by atoms with van der Waals surface area (Å²) in [7, 11) is 0. The smallest absolute Gasteiger partial charge is 0.144 e. The number of aryl methyl sites for hydroxylation is 1. The molecule has 3 heteroatoms. The van der Waals surface area contributed by atoms with Crippen LogP contribution in [-0.4, -0.2) is 23.5 Å². The summed E-state index contributed by atoms with van der Waals surface area (Å²) in [6.45, 7) is 4.89. The number of hydrogen-bond donors (Lipinski definition) is 0. The normalized spacial score (nSPS) is 23.2. The van der Waals surface area contributed by atoms with Crippen molar-refractivity contribution in [3.63, 3.8) is 0 Å². The van der Waals surface area contributed by atoms with Crippen LogP contribution in [0.3, 0.4) is 0 Å². The van der Waals surface area contributed by atoms with Gasteiger partial charge in [-0.1, -0.05) is 19.9 Å². The Hall–Kier alpha value is -1.22. The molecule has 0 radical (unpaired) electrons. The molecule has 0 bridgehead atoms.